The van der Waals surface area contributed by atoms with Crippen molar-refractivity contribution in [3.05, 3.63) is 47.8 Å². The lowest BCUT2D eigenvalue weighted by Crippen LogP contribution is -2.21. The van der Waals surface area contributed by atoms with Gasteiger partial charge in [-0.1, -0.05) is 12.1 Å². The van der Waals surface area contributed by atoms with Gasteiger partial charge in [0, 0.05) is 43.7 Å². The number of nitrogens with one attached hydrogen (secondary N) is 1. The molecule has 1 aromatic heterocycles. The number of aryl methyl sites for hydroxylation is 1. The minimum atomic E-state index is 0.0867. The monoisotopic (exact) mass is 243 g/mol. The van der Waals surface area contributed by atoms with E-state index in [9.17, 15) is 0 Å². The van der Waals surface area contributed by atoms with Crippen LogP contribution in [0.3, 0.4) is 0 Å². The van der Waals surface area contributed by atoms with Crippen LogP contribution in [0, 0.1) is 5.41 Å². The third-order valence-electron chi connectivity index (χ3n) is 2.78. The summed E-state index contributed by atoms with van der Waals surface area (Å²) in [6, 6.07) is 7.66. The molecule has 5 heteroatoms. The number of amidine groups is 1. The maximum atomic E-state index is 7.59. The Labute approximate surface area is 106 Å². The van der Waals surface area contributed by atoms with Crippen LogP contribution in [0.25, 0.3) is 0 Å². The quantitative estimate of drug-likeness (QED) is 0.629. The van der Waals surface area contributed by atoms with Crippen LogP contribution >= 0.6 is 0 Å². The van der Waals surface area contributed by atoms with E-state index in [0.717, 1.165) is 23.4 Å². The van der Waals surface area contributed by atoms with Gasteiger partial charge in [0.1, 0.15) is 5.84 Å². The van der Waals surface area contributed by atoms with Crippen LogP contribution in [0.2, 0.25) is 0 Å². The smallest absolute Gasteiger partial charge is 0.124 e. The lowest BCUT2D eigenvalue weighted by atomic mass is 10.1. The summed E-state index contributed by atoms with van der Waals surface area (Å²) in [6.07, 6.45) is 3.82. The van der Waals surface area contributed by atoms with E-state index in [-0.39, 0.29) is 5.84 Å². The number of hydrogen-bond donors (Lipinski definition) is 2. The van der Waals surface area contributed by atoms with Crippen molar-refractivity contribution in [2.24, 2.45) is 12.8 Å². The minimum Gasteiger partial charge on any atom is -0.384 e. The van der Waals surface area contributed by atoms with E-state index < -0.39 is 0 Å². The van der Waals surface area contributed by atoms with Crippen LogP contribution < -0.4 is 10.6 Å². The molecule has 0 saturated carbocycles. The molecule has 0 unspecified atom stereocenters. The van der Waals surface area contributed by atoms with E-state index in [1.807, 2.05) is 50.8 Å². The van der Waals surface area contributed by atoms with E-state index in [1.165, 1.54) is 0 Å². The van der Waals surface area contributed by atoms with Gasteiger partial charge in [-0.15, -0.1) is 0 Å². The molecule has 0 fully saturated rings. The molecule has 0 spiro atoms. The zero-order valence-electron chi connectivity index (χ0n) is 10.6. The Morgan fingerprint density at radius 1 is 1.44 bits per heavy atom. The second-order valence-corrected chi connectivity index (χ2v) is 4.31. The third kappa shape index (κ3) is 2.51. The molecule has 0 atom stereocenters. The van der Waals surface area contributed by atoms with Gasteiger partial charge in [-0.2, -0.15) is 5.10 Å². The first-order chi connectivity index (χ1) is 8.58. The van der Waals surface area contributed by atoms with Gasteiger partial charge in [0.25, 0.3) is 0 Å². The number of rotatable bonds is 4. The molecule has 0 bridgehead atoms. The number of aromatic nitrogens is 2. The van der Waals surface area contributed by atoms with Gasteiger partial charge in [-0.25, -0.2) is 0 Å². The molecule has 0 saturated heterocycles. The summed E-state index contributed by atoms with van der Waals surface area (Å²) < 4.78 is 1.78. The molecule has 0 aliphatic carbocycles. The largest absolute Gasteiger partial charge is 0.384 e. The van der Waals surface area contributed by atoms with Crippen LogP contribution in [-0.2, 0) is 13.6 Å². The Balaban J connectivity index is 2.23. The van der Waals surface area contributed by atoms with Crippen molar-refractivity contribution < 1.29 is 0 Å². The molecule has 0 radical (unpaired) electrons. The van der Waals surface area contributed by atoms with Crippen molar-refractivity contribution in [3.8, 4) is 0 Å². The second-order valence-electron chi connectivity index (χ2n) is 4.31. The first-order valence-electron chi connectivity index (χ1n) is 5.70. The highest BCUT2D eigenvalue weighted by molar-refractivity contribution is 6.00. The highest BCUT2D eigenvalue weighted by Gasteiger charge is 2.09. The Bertz CT molecular complexity index is 558. The molecule has 1 aromatic carbocycles. The first kappa shape index (κ1) is 12.2. The SMILES string of the molecule is CN(Cc1cnn(C)c1)c1ccccc1C(=N)N. The molecule has 2 rings (SSSR count). The van der Waals surface area contributed by atoms with E-state index in [0.29, 0.717) is 0 Å². The summed E-state index contributed by atoms with van der Waals surface area (Å²) in [5, 5.41) is 11.7. The Hall–Kier alpha value is -2.30. The lowest BCUT2D eigenvalue weighted by molar-refractivity contribution is 0.766. The standard InChI is InChI=1S/C13H17N5/c1-17(8-10-7-16-18(2)9-10)12-6-4-3-5-11(12)13(14)15/h3-7,9H,8H2,1-2H3,(H3,14,15). The van der Waals surface area contributed by atoms with E-state index in [2.05, 4.69) is 10.00 Å². The van der Waals surface area contributed by atoms with Crippen LogP contribution in [0.5, 0.6) is 0 Å². The summed E-state index contributed by atoms with van der Waals surface area (Å²) in [5.41, 5.74) is 8.42. The summed E-state index contributed by atoms with van der Waals surface area (Å²) in [5.74, 6) is 0.0867. The molecule has 94 valence electrons. The summed E-state index contributed by atoms with van der Waals surface area (Å²) in [7, 11) is 3.88. The van der Waals surface area contributed by atoms with Gasteiger partial charge < -0.3 is 10.6 Å². The zero-order valence-corrected chi connectivity index (χ0v) is 10.6. The Morgan fingerprint density at radius 2 is 2.17 bits per heavy atom. The maximum Gasteiger partial charge on any atom is 0.124 e. The number of hydrogen-bond acceptors (Lipinski definition) is 3. The molecular weight excluding hydrogens is 226 g/mol. The zero-order chi connectivity index (χ0) is 13.1. The van der Waals surface area contributed by atoms with Gasteiger partial charge in [-0.05, 0) is 12.1 Å². The van der Waals surface area contributed by atoms with Gasteiger partial charge in [0.15, 0.2) is 0 Å². The van der Waals surface area contributed by atoms with E-state index in [1.54, 1.807) is 4.68 Å². The van der Waals surface area contributed by atoms with Gasteiger partial charge in [-0.3, -0.25) is 10.1 Å². The molecule has 1 heterocycles. The van der Waals surface area contributed by atoms with Crippen LogP contribution in [-0.4, -0.2) is 22.7 Å². The maximum absolute atomic E-state index is 7.59. The highest BCUT2D eigenvalue weighted by Crippen LogP contribution is 2.20. The normalized spacial score (nSPS) is 10.3. The van der Waals surface area contributed by atoms with Crippen molar-refractivity contribution in [1.29, 1.82) is 5.41 Å². The van der Waals surface area contributed by atoms with Crippen molar-refractivity contribution >= 4 is 11.5 Å². The van der Waals surface area contributed by atoms with Crippen LogP contribution in [0.15, 0.2) is 36.7 Å². The number of nitrogens with zero attached hydrogens (tertiary/aromatic N) is 3. The molecular formula is C13H17N5. The number of nitrogen functional groups attached to an aromatic ring is 1. The second kappa shape index (κ2) is 4.91. The predicted molar refractivity (Wildman–Crippen MR) is 72.8 cm³/mol. The van der Waals surface area contributed by atoms with Crippen molar-refractivity contribution in [2.45, 2.75) is 6.54 Å². The van der Waals surface area contributed by atoms with Gasteiger partial charge >= 0.3 is 0 Å². The molecule has 0 aliphatic rings. The fourth-order valence-electron chi connectivity index (χ4n) is 1.95. The van der Waals surface area contributed by atoms with Crippen molar-refractivity contribution in [2.75, 3.05) is 11.9 Å². The topological polar surface area (TPSA) is 70.9 Å². The first-order valence-corrected chi connectivity index (χ1v) is 5.70. The molecule has 2 aromatic rings. The molecule has 0 amide bonds. The molecule has 0 aliphatic heterocycles. The fourth-order valence-corrected chi connectivity index (χ4v) is 1.95. The number of nitrogens with two attached hydrogens (primary N) is 1. The minimum absolute atomic E-state index is 0.0867. The Kier molecular flexibility index (Phi) is 3.32. The fraction of sp³-hybridized carbons (Fsp3) is 0.231. The number of anilines is 1. The predicted octanol–water partition coefficient (Wildman–Crippen LogP) is 1.34. The number of para-hydroxylation sites is 1. The average Bonchev–Trinajstić information content (AvgIpc) is 2.74. The molecule has 18 heavy (non-hydrogen) atoms. The van der Waals surface area contributed by atoms with Crippen molar-refractivity contribution in [1.82, 2.24) is 9.78 Å². The molecule has 5 nitrogen and oxygen atoms in total. The van der Waals surface area contributed by atoms with Gasteiger partial charge in [0.05, 0.1) is 6.20 Å². The summed E-state index contributed by atoms with van der Waals surface area (Å²) >= 11 is 0. The van der Waals surface area contributed by atoms with Crippen LogP contribution in [0.4, 0.5) is 5.69 Å². The molecule has 3 N–H and O–H groups in total. The van der Waals surface area contributed by atoms with Crippen molar-refractivity contribution in [3.63, 3.8) is 0 Å². The van der Waals surface area contributed by atoms with Gasteiger partial charge in [0.2, 0.25) is 0 Å². The average molecular weight is 243 g/mol. The van der Waals surface area contributed by atoms with E-state index >= 15 is 0 Å². The van der Waals surface area contributed by atoms with E-state index in [4.69, 9.17) is 11.1 Å². The van der Waals surface area contributed by atoms with Crippen LogP contribution in [0.1, 0.15) is 11.1 Å². The lowest BCUT2D eigenvalue weighted by Gasteiger charge is -2.21. The third-order valence-corrected chi connectivity index (χ3v) is 2.78. The highest BCUT2D eigenvalue weighted by atomic mass is 15.2. The Morgan fingerprint density at radius 3 is 2.78 bits per heavy atom. The summed E-state index contributed by atoms with van der Waals surface area (Å²) in [6.45, 7) is 0.734. The number of benzene rings is 1. The summed E-state index contributed by atoms with van der Waals surface area (Å²) in [4.78, 5) is 2.06.